The van der Waals surface area contributed by atoms with Gasteiger partial charge in [-0.15, -0.1) is 0 Å². The van der Waals surface area contributed by atoms with Gasteiger partial charge in [-0.2, -0.15) is 0 Å². The number of fused-ring (bicyclic) bond motifs is 1. The zero-order valence-corrected chi connectivity index (χ0v) is 16.8. The number of rotatable bonds is 9. The highest BCUT2D eigenvalue weighted by Gasteiger charge is 2.19. The van der Waals surface area contributed by atoms with Crippen LogP contribution in [0, 0.1) is 0 Å². The van der Waals surface area contributed by atoms with E-state index in [-0.39, 0.29) is 24.5 Å². The molecule has 0 unspecified atom stereocenters. The van der Waals surface area contributed by atoms with Gasteiger partial charge in [0.15, 0.2) is 11.9 Å². The maximum absolute atomic E-state index is 12.4. The highest BCUT2D eigenvalue weighted by molar-refractivity contribution is 5.98. The predicted molar refractivity (Wildman–Crippen MR) is 111 cm³/mol. The SMILES string of the molecule is C[C@@H](OC(=O)CCC(=O)c1ccc2c(c1)CCC2)C(=O)NCCc1ccccc1. The van der Waals surface area contributed by atoms with Gasteiger partial charge in [-0.3, -0.25) is 14.4 Å². The maximum Gasteiger partial charge on any atom is 0.307 e. The van der Waals surface area contributed by atoms with Crippen molar-refractivity contribution in [1.29, 1.82) is 0 Å². The summed E-state index contributed by atoms with van der Waals surface area (Å²) in [6, 6.07) is 15.6. The number of hydrogen-bond acceptors (Lipinski definition) is 4. The van der Waals surface area contributed by atoms with Gasteiger partial charge in [-0.1, -0.05) is 42.5 Å². The Bertz CT molecular complexity index is 876. The van der Waals surface area contributed by atoms with Crippen LogP contribution in [0.3, 0.4) is 0 Å². The van der Waals surface area contributed by atoms with Crippen molar-refractivity contribution in [2.75, 3.05) is 6.54 Å². The molecule has 0 spiro atoms. The van der Waals surface area contributed by atoms with Crippen LogP contribution in [0.25, 0.3) is 0 Å². The molecule has 0 saturated heterocycles. The number of carbonyl (C=O) groups excluding carboxylic acids is 3. The molecule has 0 aromatic heterocycles. The van der Waals surface area contributed by atoms with Crippen LogP contribution in [-0.2, 0) is 33.6 Å². The Labute approximate surface area is 171 Å². The van der Waals surface area contributed by atoms with Gasteiger partial charge >= 0.3 is 5.97 Å². The minimum atomic E-state index is -0.881. The first kappa shape index (κ1) is 20.8. The number of ketones is 1. The lowest BCUT2D eigenvalue weighted by molar-refractivity contribution is -0.154. The van der Waals surface area contributed by atoms with Crippen LogP contribution in [0.4, 0.5) is 0 Å². The van der Waals surface area contributed by atoms with Crippen molar-refractivity contribution < 1.29 is 19.1 Å². The van der Waals surface area contributed by atoms with E-state index in [4.69, 9.17) is 4.74 Å². The molecule has 0 radical (unpaired) electrons. The lowest BCUT2D eigenvalue weighted by Crippen LogP contribution is -2.36. The number of aryl methyl sites for hydroxylation is 2. The van der Waals surface area contributed by atoms with Crippen molar-refractivity contribution in [3.05, 3.63) is 70.8 Å². The third-order valence-electron chi connectivity index (χ3n) is 5.21. The molecule has 1 aliphatic carbocycles. The van der Waals surface area contributed by atoms with Crippen LogP contribution in [0.1, 0.15) is 53.2 Å². The summed E-state index contributed by atoms with van der Waals surface area (Å²) in [7, 11) is 0. The smallest absolute Gasteiger partial charge is 0.307 e. The summed E-state index contributed by atoms with van der Waals surface area (Å²) < 4.78 is 5.17. The second-order valence-corrected chi connectivity index (χ2v) is 7.42. The monoisotopic (exact) mass is 393 g/mol. The van der Waals surface area contributed by atoms with E-state index in [0.717, 1.165) is 24.8 Å². The van der Waals surface area contributed by atoms with E-state index >= 15 is 0 Å². The quantitative estimate of drug-likeness (QED) is 0.523. The van der Waals surface area contributed by atoms with Crippen molar-refractivity contribution in [3.8, 4) is 0 Å². The van der Waals surface area contributed by atoms with Gasteiger partial charge in [-0.05, 0) is 55.4 Å². The molecule has 1 atom stereocenters. The molecule has 5 heteroatoms. The minimum absolute atomic E-state index is 0.0302. The first-order chi connectivity index (χ1) is 14.0. The van der Waals surface area contributed by atoms with Gasteiger partial charge in [0.25, 0.3) is 5.91 Å². The van der Waals surface area contributed by atoms with Gasteiger partial charge in [0.05, 0.1) is 6.42 Å². The van der Waals surface area contributed by atoms with Gasteiger partial charge in [0.1, 0.15) is 0 Å². The van der Waals surface area contributed by atoms with E-state index in [1.807, 2.05) is 48.5 Å². The number of ether oxygens (including phenoxy) is 1. The Morgan fingerprint density at radius 2 is 1.76 bits per heavy atom. The van der Waals surface area contributed by atoms with Gasteiger partial charge in [-0.25, -0.2) is 0 Å². The van der Waals surface area contributed by atoms with Crippen LogP contribution in [0.5, 0.6) is 0 Å². The van der Waals surface area contributed by atoms with Crippen LogP contribution in [0.15, 0.2) is 48.5 Å². The van der Waals surface area contributed by atoms with Crippen molar-refractivity contribution in [2.24, 2.45) is 0 Å². The van der Waals surface area contributed by atoms with Crippen molar-refractivity contribution in [2.45, 2.75) is 51.6 Å². The number of esters is 1. The lowest BCUT2D eigenvalue weighted by Gasteiger charge is -2.13. The van der Waals surface area contributed by atoms with Crippen LogP contribution < -0.4 is 5.32 Å². The average molecular weight is 393 g/mol. The molecule has 152 valence electrons. The number of carbonyl (C=O) groups is 3. The zero-order valence-electron chi connectivity index (χ0n) is 16.8. The second-order valence-electron chi connectivity index (χ2n) is 7.42. The van der Waals surface area contributed by atoms with Gasteiger partial charge < -0.3 is 10.1 Å². The Morgan fingerprint density at radius 1 is 1.00 bits per heavy atom. The summed E-state index contributed by atoms with van der Waals surface area (Å²) >= 11 is 0. The summed E-state index contributed by atoms with van der Waals surface area (Å²) in [4.78, 5) is 36.5. The summed E-state index contributed by atoms with van der Waals surface area (Å²) in [6.07, 6.45) is 3.09. The highest BCUT2D eigenvalue weighted by Crippen LogP contribution is 2.23. The summed E-state index contributed by atoms with van der Waals surface area (Å²) in [6.45, 7) is 2.01. The Kier molecular flexibility index (Phi) is 7.17. The summed E-state index contributed by atoms with van der Waals surface area (Å²) in [5, 5.41) is 2.77. The number of Topliss-reactive ketones (excluding diaryl/α,β-unsaturated/α-hetero) is 1. The summed E-state index contributed by atoms with van der Waals surface area (Å²) in [5.41, 5.74) is 4.32. The molecule has 0 heterocycles. The maximum atomic E-state index is 12.4. The molecule has 0 aliphatic heterocycles. The van der Waals surface area contributed by atoms with Crippen molar-refractivity contribution in [3.63, 3.8) is 0 Å². The number of hydrogen-bond donors (Lipinski definition) is 1. The minimum Gasteiger partial charge on any atom is -0.453 e. The fourth-order valence-electron chi connectivity index (χ4n) is 3.53. The molecule has 0 saturated carbocycles. The summed E-state index contributed by atoms with van der Waals surface area (Å²) in [5.74, 6) is -0.943. The third kappa shape index (κ3) is 6.01. The zero-order chi connectivity index (χ0) is 20.6. The number of nitrogens with one attached hydrogen (secondary N) is 1. The third-order valence-corrected chi connectivity index (χ3v) is 5.21. The Morgan fingerprint density at radius 3 is 2.55 bits per heavy atom. The van der Waals surface area contributed by atoms with Crippen molar-refractivity contribution >= 4 is 17.7 Å². The van der Waals surface area contributed by atoms with Gasteiger partial charge in [0, 0.05) is 18.5 Å². The van der Waals surface area contributed by atoms with E-state index in [2.05, 4.69) is 5.32 Å². The Hall–Kier alpha value is -2.95. The largest absolute Gasteiger partial charge is 0.453 e. The second kappa shape index (κ2) is 10.0. The number of benzene rings is 2. The molecule has 0 bridgehead atoms. The Balaban J connectivity index is 1.38. The average Bonchev–Trinajstić information content (AvgIpc) is 3.20. The molecular weight excluding hydrogens is 366 g/mol. The first-order valence-corrected chi connectivity index (χ1v) is 10.2. The van der Waals surface area contributed by atoms with E-state index < -0.39 is 12.1 Å². The molecule has 1 N–H and O–H groups in total. The lowest BCUT2D eigenvalue weighted by atomic mass is 10.0. The standard InChI is InChI=1S/C24H27NO4/c1-17(24(28)25-15-14-18-6-3-2-4-7-18)29-23(27)13-12-22(26)21-11-10-19-8-5-9-20(19)16-21/h2-4,6-7,10-11,16-17H,5,8-9,12-15H2,1H3,(H,25,28)/t17-/m1/s1. The van der Waals surface area contributed by atoms with E-state index in [1.165, 1.54) is 18.1 Å². The van der Waals surface area contributed by atoms with E-state index in [0.29, 0.717) is 18.5 Å². The molecule has 29 heavy (non-hydrogen) atoms. The molecule has 2 aromatic rings. The molecule has 1 amide bonds. The highest BCUT2D eigenvalue weighted by atomic mass is 16.5. The van der Waals surface area contributed by atoms with Crippen LogP contribution >= 0.6 is 0 Å². The normalized spacial score (nSPS) is 13.4. The van der Waals surface area contributed by atoms with E-state index in [1.54, 1.807) is 0 Å². The molecule has 1 aliphatic rings. The molecule has 3 rings (SSSR count). The molecular formula is C24H27NO4. The van der Waals surface area contributed by atoms with Gasteiger partial charge in [0.2, 0.25) is 0 Å². The van der Waals surface area contributed by atoms with Crippen LogP contribution in [0.2, 0.25) is 0 Å². The molecule has 5 nitrogen and oxygen atoms in total. The fraction of sp³-hybridized carbons (Fsp3) is 0.375. The number of amides is 1. The van der Waals surface area contributed by atoms with E-state index in [9.17, 15) is 14.4 Å². The molecule has 2 aromatic carbocycles. The topological polar surface area (TPSA) is 72.5 Å². The predicted octanol–water partition coefficient (Wildman–Crippen LogP) is 3.43. The van der Waals surface area contributed by atoms with Crippen molar-refractivity contribution in [1.82, 2.24) is 5.32 Å². The fourth-order valence-corrected chi connectivity index (χ4v) is 3.53. The first-order valence-electron chi connectivity index (χ1n) is 10.2. The van der Waals surface area contributed by atoms with Crippen LogP contribution in [-0.4, -0.2) is 30.3 Å². The molecule has 0 fully saturated rings.